The average molecular weight is 417 g/mol. The van der Waals surface area contributed by atoms with Crippen LogP contribution >= 0.6 is 23.5 Å². The number of carboxylic acids is 1. The van der Waals surface area contributed by atoms with Gasteiger partial charge >= 0.3 is 5.97 Å². The van der Waals surface area contributed by atoms with E-state index >= 15 is 0 Å². The molecule has 2 atom stereocenters. The van der Waals surface area contributed by atoms with Crippen molar-refractivity contribution in [1.82, 2.24) is 0 Å². The minimum Gasteiger partial charge on any atom is -0.481 e. The Morgan fingerprint density at radius 3 is 2.30 bits per heavy atom. The first-order valence-corrected chi connectivity index (χ1v) is 12.3. The molecule has 0 radical (unpaired) electrons. The Balaban J connectivity index is 2.39. The van der Waals surface area contributed by atoms with Gasteiger partial charge in [0.1, 0.15) is 6.42 Å². The van der Waals surface area contributed by atoms with Crippen LogP contribution in [0.4, 0.5) is 0 Å². The minimum atomic E-state index is -0.931. The summed E-state index contributed by atoms with van der Waals surface area (Å²) in [6.07, 6.45) is 9.73. The third kappa shape index (κ3) is 11.9. The Hall–Kier alpha value is -0.350. The zero-order valence-corrected chi connectivity index (χ0v) is 18.3. The van der Waals surface area contributed by atoms with Gasteiger partial charge in [-0.05, 0) is 50.0 Å². The maximum atomic E-state index is 10.5. The Bertz CT molecular complexity index is 467. The van der Waals surface area contributed by atoms with E-state index in [2.05, 4.69) is 18.8 Å². The lowest BCUT2D eigenvalue weighted by atomic mass is 10.0. The van der Waals surface area contributed by atoms with Crippen molar-refractivity contribution in [2.75, 3.05) is 11.5 Å². The molecule has 1 aliphatic rings. The fourth-order valence-electron chi connectivity index (χ4n) is 3.18. The maximum absolute atomic E-state index is 10.5. The minimum absolute atomic E-state index is 0.0954. The zero-order chi connectivity index (χ0) is 20.0. The fraction of sp³-hybridized carbons (Fsp3) is 0.857. The van der Waals surface area contributed by atoms with Crippen molar-refractivity contribution in [3.63, 3.8) is 0 Å². The molecule has 6 heteroatoms. The van der Waals surface area contributed by atoms with Crippen LogP contribution in [0, 0.1) is 11.8 Å². The molecule has 2 unspecified atom stereocenters. The molecule has 0 amide bonds. The van der Waals surface area contributed by atoms with E-state index in [0.29, 0.717) is 12.8 Å². The van der Waals surface area contributed by atoms with Gasteiger partial charge in [0.15, 0.2) is 0 Å². The van der Waals surface area contributed by atoms with E-state index in [4.69, 9.17) is 5.11 Å². The Morgan fingerprint density at radius 2 is 1.67 bits per heavy atom. The second-order valence-corrected chi connectivity index (χ2v) is 10.5. The molecule has 0 aromatic rings. The van der Waals surface area contributed by atoms with Crippen LogP contribution in [-0.2, 0) is 4.79 Å². The van der Waals surface area contributed by atoms with Crippen molar-refractivity contribution < 1.29 is 20.1 Å². The van der Waals surface area contributed by atoms with Gasteiger partial charge in [0.05, 0.1) is 16.3 Å². The summed E-state index contributed by atoms with van der Waals surface area (Å²) in [7, 11) is 0. The first-order chi connectivity index (χ1) is 13.0. The van der Waals surface area contributed by atoms with Crippen molar-refractivity contribution in [1.29, 1.82) is 0 Å². The van der Waals surface area contributed by atoms with Crippen molar-refractivity contribution in [3.8, 4) is 11.8 Å². The molecule has 0 aliphatic carbocycles. The Kier molecular flexibility index (Phi) is 13.4. The number of aliphatic hydroxyl groups excluding tert-OH is 2. The quantitative estimate of drug-likeness (QED) is 0.299. The number of hydrogen-bond donors (Lipinski definition) is 3. The molecule has 0 aromatic carbocycles. The number of aliphatic hydroxyl groups is 2. The normalized spacial score (nSPS) is 18.3. The molecule has 3 N–H and O–H groups in total. The maximum Gasteiger partial charge on any atom is 0.315 e. The Labute approximate surface area is 173 Å². The van der Waals surface area contributed by atoms with Gasteiger partial charge in [-0.2, -0.15) is 0 Å². The van der Waals surface area contributed by atoms with Crippen LogP contribution in [-0.4, -0.2) is 49.1 Å². The smallest absolute Gasteiger partial charge is 0.315 e. The van der Waals surface area contributed by atoms with Crippen LogP contribution in [0.5, 0.6) is 0 Å². The Morgan fingerprint density at radius 1 is 1.00 bits per heavy atom. The molecule has 0 aromatic heterocycles. The van der Waals surface area contributed by atoms with Crippen LogP contribution in [0.3, 0.4) is 0 Å². The van der Waals surface area contributed by atoms with Gasteiger partial charge in [0.2, 0.25) is 0 Å². The average Bonchev–Trinajstić information content (AvgIpc) is 2.66. The van der Waals surface area contributed by atoms with Crippen molar-refractivity contribution >= 4 is 29.5 Å². The molecule has 4 nitrogen and oxygen atoms in total. The second kappa shape index (κ2) is 14.6. The van der Waals surface area contributed by atoms with Gasteiger partial charge in [-0.15, -0.1) is 29.4 Å². The van der Waals surface area contributed by atoms with Gasteiger partial charge in [-0.3, -0.25) is 4.79 Å². The summed E-state index contributed by atoms with van der Waals surface area (Å²) < 4.78 is 0.0954. The molecule has 1 heterocycles. The van der Waals surface area contributed by atoms with Gasteiger partial charge in [-0.25, -0.2) is 0 Å². The number of hydrogen-bond acceptors (Lipinski definition) is 5. The van der Waals surface area contributed by atoms with E-state index in [1.165, 1.54) is 25.7 Å². The molecule has 1 fully saturated rings. The molecule has 0 bridgehead atoms. The summed E-state index contributed by atoms with van der Waals surface area (Å²) in [6, 6.07) is 0. The standard InChI is InChI=1S/C21H36O4S2/c1-2-3-4-5-9-18(22)12-14-21(26-16-8-17-27-21)15-13-19(23)10-6-7-11-20(24)25/h18-19,22-23H,2-5,8-17H2,1H3,(H,24,25). The van der Waals surface area contributed by atoms with Gasteiger partial charge in [0.25, 0.3) is 0 Å². The number of aliphatic carboxylic acids is 1. The van der Waals surface area contributed by atoms with E-state index in [1.807, 2.05) is 23.5 Å². The number of unbranched alkanes of at least 4 members (excludes halogenated alkanes) is 3. The third-order valence-corrected chi connectivity index (χ3v) is 8.39. The van der Waals surface area contributed by atoms with E-state index in [-0.39, 0.29) is 16.6 Å². The lowest BCUT2D eigenvalue weighted by molar-refractivity contribution is -0.135. The zero-order valence-electron chi connectivity index (χ0n) is 16.6. The highest BCUT2D eigenvalue weighted by Gasteiger charge is 2.34. The van der Waals surface area contributed by atoms with E-state index < -0.39 is 12.1 Å². The molecular formula is C21H36O4S2. The van der Waals surface area contributed by atoms with Crippen LogP contribution < -0.4 is 0 Å². The molecule has 0 saturated carbocycles. The lowest BCUT2D eigenvalue weighted by Gasteiger charge is -2.37. The highest BCUT2D eigenvalue weighted by atomic mass is 32.2. The fourth-order valence-corrected chi connectivity index (χ4v) is 6.57. The van der Waals surface area contributed by atoms with Crippen LogP contribution in [0.1, 0.15) is 84.0 Å². The van der Waals surface area contributed by atoms with E-state index in [0.717, 1.165) is 43.6 Å². The van der Waals surface area contributed by atoms with Crippen molar-refractivity contribution in [3.05, 3.63) is 0 Å². The largest absolute Gasteiger partial charge is 0.481 e. The summed E-state index contributed by atoms with van der Waals surface area (Å²) in [5.41, 5.74) is 0. The monoisotopic (exact) mass is 416 g/mol. The highest BCUT2D eigenvalue weighted by Crippen LogP contribution is 2.49. The van der Waals surface area contributed by atoms with Gasteiger partial charge in [-0.1, -0.05) is 38.5 Å². The first kappa shape index (κ1) is 24.7. The number of rotatable bonds is 13. The predicted octanol–water partition coefficient (Wildman–Crippen LogP) is 4.67. The molecular weight excluding hydrogens is 380 g/mol. The van der Waals surface area contributed by atoms with E-state index in [9.17, 15) is 15.0 Å². The van der Waals surface area contributed by atoms with Crippen LogP contribution in [0.25, 0.3) is 0 Å². The molecule has 27 heavy (non-hydrogen) atoms. The van der Waals surface area contributed by atoms with Crippen LogP contribution in [0.2, 0.25) is 0 Å². The van der Waals surface area contributed by atoms with E-state index in [1.54, 1.807) is 0 Å². The topological polar surface area (TPSA) is 77.8 Å². The van der Waals surface area contributed by atoms with Crippen LogP contribution in [0.15, 0.2) is 0 Å². The van der Waals surface area contributed by atoms with Gasteiger partial charge < -0.3 is 15.3 Å². The number of carboxylic acid groups (broad SMARTS) is 1. The molecule has 1 rings (SSSR count). The summed E-state index contributed by atoms with van der Waals surface area (Å²) in [5.74, 6) is 6.71. The first-order valence-electron chi connectivity index (χ1n) is 10.3. The number of thioether (sulfide) groups is 2. The van der Waals surface area contributed by atoms with Crippen molar-refractivity contribution in [2.45, 2.75) is 100 Å². The predicted molar refractivity (Wildman–Crippen MR) is 116 cm³/mol. The third-order valence-electron chi connectivity index (χ3n) is 4.83. The summed E-state index contributed by atoms with van der Waals surface area (Å²) in [5, 5.41) is 29.1. The second-order valence-electron chi connectivity index (χ2n) is 7.32. The highest BCUT2D eigenvalue weighted by molar-refractivity contribution is 8.18. The summed E-state index contributed by atoms with van der Waals surface area (Å²) in [4.78, 5) is 10.5. The van der Waals surface area contributed by atoms with Crippen molar-refractivity contribution in [2.24, 2.45) is 0 Å². The SMILES string of the molecule is CCCCCCC(O)CCC1(CCC(O)CC#CCC(=O)O)SCCCS1. The van der Waals surface area contributed by atoms with Gasteiger partial charge in [0, 0.05) is 6.42 Å². The molecule has 156 valence electrons. The summed E-state index contributed by atoms with van der Waals surface area (Å²) >= 11 is 3.97. The molecule has 1 aliphatic heterocycles. The molecule has 0 spiro atoms. The summed E-state index contributed by atoms with van der Waals surface area (Å²) in [6.45, 7) is 2.20. The molecule has 1 saturated heterocycles. The number of carbonyl (C=O) groups is 1. The lowest BCUT2D eigenvalue weighted by Crippen LogP contribution is -2.28.